The number of carbonyl (C=O) groups excluding carboxylic acids is 2. The molecule has 3 heterocycles. The Labute approximate surface area is 127 Å². The van der Waals surface area contributed by atoms with Crippen molar-refractivity contribution in [2.45, 2.75) is 6.92 Å². The summed E-state index contributed by atoms with van der Waals surface area (Å²) in [5, 5.41) is 7.81. The summed E-state index contributed by atoms with van der Waals surface area (Å²) in [6.07, 6.45) is 1.48. The lowest BCUT2D eigenvalue weighted by molar-refractivity contribution is 0.0514. The molecule has 3 rings (SSSR count). The van der Waals surface area contributed by atoms with Gasteiger partial charge in [0.1, 0.15) is 0 Å². The fourth-order valence-corrected chi connectivity index (χ4v) is 2.34. The first kappa shape index (κ1) is 14.2. The molecular weight excluding hydrogens is 284 g/mol. The van der Waals surface area contributed by atoms with E-state index in [1.54, 1.807) is 34.1 Å². The van der Waals surface area contributed by atoms with E-state index in [0.29, 0.717) is 37.6 Å². The monoisotopic (exact) mass is 300 g/mol. The number of rotatable bonds is 2. The number of hydrogen-bond acceptors (Lipinski definition) is 5. The molecule has 7 nitrogen and oxygen atoms in total. The highest BCUT2D eigenvalue weighted by Crippen LogP contribution is 2.11. The van der Waals surface area contributed by atoms with Gasteiger partial charge in [0.2, 0.25) is 0 Å². The van der Waals surface area contributed by atoms with E-state index in [0.717, 1.165) is 5.69 Å². The second-order valence-corrected chi connectivity index (χ2v) is 5.12. The zero-order chi connectivity index (χ0) is 15.5. The molecule has 0 bridgehead atoms. The van der Waals surface area contributed by atoms with Crippen LogP contribution in [0.3, 0.4) is 0 Å². The second-order valence-electron chi connectivity index (χ2n) is 5.12. The Morgan fingerprint density at radius 1 is 1.00 bits per heavy atom. The molecule has 0 saturated carbocycles. The first-order valence-electron chi connectivity index (χ1n) is 7.07. The number of hydrogen-bond donors (Lipinski definition) is 0. The third kappa shape index (κ3) is 2.83. The number of nitrogens with zero attached hydrogens (tertiary/aromatic N) is 4. The molecule has 1 fully saturated rings. The standard InChI is InChI=1S/C15H16N4O3/c1-11-4-5-12(17-16-11)14(20)18-6-8-19(9-7-18)15(21)13-3-2-10-22-13/h2-5,10H,6-9H2,1H3. The Kier molecular flexibility index (Phi) is 3.86. The van der Waals surface area contributed by atoms with Crippen LogP contribution in [0.4, 0.5) is 0 Å². The summed E-state index contributed by atoms with van der Waals surface area (Å²) in [7, 11) is 0. The van der Waals surface area contributed by atoms with Crippen LogP contribution in [0.5, 0.6) is 0 Å². The van der Waals surface area contributed by atoms with Gasteiger partial charge in [-0.2, -0.15) is 5.10 Å². The average Bonchev–Trinajstić information content (AvgIpc) is 3.09. The average molecular weight is 300 g/mol. The van der Waals surface area contributed by atoms with Crippen LogP contribution in [0.1, 0.15) is 26.7 Å². The van der Waals surface area contributed by atoms with Crippen molar-refractivity contribution in [3.8, 4) is 0 Å². The Bertz CT molecular complexity index is 659. The largest absolute Gasteiger partial charge is 0.459 e. The summed E-state index contributed by atoms with van der Waals surface area (Å²) in [5.74, 6) is 0.0222. The molecule has 22 heavy (non-hydrogen) atoms. The van der Waals surface area contributed by atoms with E-state index >= 15 is 0 Å². The van der Waals surface area contributed by atoms with E-state index in [2.05, 4.69) is 10.2 Å². The molecule has 0 N–H and O–H groups in total. The molecule has 2 aromatic rings. The smallest absolute Gasteiger partial charge is 0.289 e. The first-order chi connectivity index (χ1) is 10.6. The highest BCUT2D eigenvalue weighted by atomic mass is 16.3. The maximum atomic E-state index is 12.3. The Balaban J connectivity index is 1.60. The van der Waals surface area contributed by atoms with E-state index < -0.39 is 0 Å². The van der Waals surface area contributed by atoms with Crippen molar-refractivity contribution in [1.29, 1.82) is 0 Å². The van der Waals surface area contributed by atoms with Gasteiger partial charge in [0.15, 0.2) is 11.5 Å². The third-order valence-corrected chi connectivity index (χ3v) is 3.60. The van der Waals surface area contributed by atoms with Gasteiger partial charge in [-0.05, 0) is 31.2 Å². The second kappa shape index (κ2) is 5.97. The molecule has 0 atom stereocenters. The summed E-state index contributed by atoms with van der Waals surface area (Å²) in [6, 6.07) is 6.76. The van der Waals surface area contributed by atoms with Crippen molar-refractivity contribution >= 4 is 11.8 Å². The van der Waals surface area contributed by atoms with Crippen LogP contribution in [0.15, 0.2) is 34.9 Å². The van der Waals surface area contributed by atoms with Gasteiger partial charge in [-0.1, -0.05) is 0 Å². The molecule has 0 spiro atoms. The van der Waals surface area contributed by atoms with Crippen LogP contribution in [0, 0.1) is 6.92 Å². The lowest BCUT2D eigenvalue weighted by Gasteiger charge is -2.34. The van der Waals surface area contributed by atoms with Crippen LogP contribution < -0.4 is 0 Å². The fraction of sp³-hybridized carbons (Fsp3) is 0.333. The molecule has 0 radical (unpaired) electrons. The Morgan fingerprint density at radius 2 is 1.68 bits per heavy atom. The number of aromatic nitrogens is 2. The molecule has 0 unspecified atom stereocenters. The number of carbonyl (C=O) groups is 2. The molecule has 1 saturated heterocycles. The maximum Gasteiger partial charge on any atom is 0.289 e. The van der Waals surface area contributed by atoms with E-state index in [4.69, 9.17) is 4.42 Å². The first-order valence-corrected chi connectivity index (χ1v) is 7.07. The molecular formula is C15H16N4O3. The summed E-state index contributed by atoms with van der Waals surface area (Å²) in [4.78, 5) is 27.8. The number of furan rings is 1. The van der Waals surface area contributed by atoms with Gasteiger partial charge in [0, 0.05) is 26.2 Å². The van der Waals surface area contributed by atoms with Crippen LogP contribution in [-0.2, 0) is 0 Å². The lowest BCUT2D eigenvalue weighted by Crippen LogP contribution is -2.50. The van der Waals surface area contributed by atoms with Gasteiger partial charge in [-0.3, -0.25) is 9.59 Å². The SMILES string of the molecule is Cc1ccc(C(=O)N2CCN(C(=O)c3ccco3)CC2)nn1. The fourth-order valence-electron chi connectivity index (χ4n) is 2.34. The molecule has 2 amide bonds. The van der Waals surface area contributed by atoms with Crippen molar-refractivity contribution in [1.82, 2.24) is 20.0 Å². The minimum Gasteiger partial charge on any atom is -0.459 e. The number of piperazine rings is 1. The summed E-state index contributed by atoms with van der Waals surface area (Å²) in [5.41, 5.74) is 1.10. The van der Waals surface area contributed by atoms with Gasteiger partial charge in [-0.25, -0.2) is 0 Å². The van der Waals surface area contributed by atoms with Crippen LogP contribution >= 0.6 is 0 Å². The van der Waals surface area contributed by atoms with E-state index in [9.17, 15) is 9.59 Å². The van der Waals surface area contributed by atoms with Crippen LogP contribution in [0.25, 0.3) is 0 Å². The molecule has 1 aliphatic rings. The van der Waals surface area contributed by atoms with E-state index in [-0.39, 0.29) is 11.8 Å². The van der Waals surface area contributed by atoms with Gasteiger partial charge in [0.25, 0.3) is 11.8 Å². The molecule has 0 aromatic carbocycles. The van der Waals surface area contributed by atoms with Crippen molar-refractivity contribution in [2.24, 2.45) is 0 Å². The highest BCUT2D eigenvalue weighted by Gasteiger charge is 2.27. The normalized spacial score (nSPS) is 15.0. The van der Waals surface area contributed by atoms with E-state index in [1.165, 1.54) is 6.26 Å². The van der Waals surface area contributed by atoms with Gasteiger partial charge in [0.05, 0.1) is 12.0 Å². The molecule has 7 heteroatoms. The summed E-state index contributed by atoms with van der Waals surface area (Å²) in [6.45, 7) is 3.72. The van der Waals surface area contributed by atoms with Crippen LogP contribution in [0.2, 0.25) is 0 Å². The quantitative estimate of drug-likeness (QED) is 0.826. The van der Waals surface area contributed by atoms with Gasteiger partial charge < -0.3 is 14.2 Å². The van der Waals surface area contributed by atoms with Crippen molar-refractivity contribution in [2.75, 3.05) is 26.2 Å². The third-order valence-electron chi connectivity index (χ3n) is 3.60. The molecule has 2 aromatic heterocycles. The predicted molar refractivity (Wildman–Crippen MR) is 77.3 cm³/mol. The maximum absolute atomic E-state index is 12.3. The van der Waals surface area contributed by atoms with Crippen molar-refractivity contribution in [3.05, 3.63) is 47.7 Å². The molecule has 1 aliphatic heterocycles. The number of amides is 2. The predicted octanol–water partition coefficient (Wildman–Crippen LogP) is 0.976. The topological polar surface area (TPSA) is 79.5 Å². The molecule has 114 valence electrons. The summed E-state index contributed by atoms with van der Waals surface area (Å²) >= 11 is 0. The lowest BCUT2D eigenvalue weighted by atomic mass is 10.2. The number of aryl methyl sites for hydroxylation is 1. The highest BCUT2D eigenvalue weighted by molar-refractivity contribution is 5.93. The summed E-state index contributed by atoms with van der Waals surface area (Å²) < 4.78 is 5.11. The van der Waals surface area contributed by atoms with Crippen molar-refractivity contribution in [3.63, 3.8) is 0 Å². The van der Waals surface area contributed by atoms with Crippen molar-refractivity contribution < 1.29 is 14.0 Å². The zero-order valence-electron chi connectivity index (χ0n) is 12.2. The minimum absolute atomic E-state index is 0.146. The zero-order valence-corrected chi connectivity index (χ0v) is 12.2. The van der Waals surface area contributed by atoms with Gasteiger partial charge in [-0.15, -0.1) is 5.10 Å². The molecule has 0 aliphatic carbocycles. The Hall–Kier alpha value is -2.70. The minimum atomic E-state index is -0.155. The van der Waals surface area contributed by atoms with Crippen LogP contribution in [-0.4, -0.2) is 58.0 Å². The van der Waals surface area contributed by atoms with Gasteiger partial charge >= 0.3 is 0 Å². The Morgan fingerprint density at radius 3 is 2.23 bits per heavy atom. The van der Waals surface area contributed by atoms with E-state index in [1.807, 2.05) is 6.92 Å².